The fraction of sp³-hybridized carbons (Fsp3) is 0.727. The van der Waals surface area contributed by atoms with Gasteiger partial charge >= 0.3 is 7.60 Å². The average Bonchev–Trinajstić information content (AvgIpc) is 2.61. The van der Waals surface area contributed by atoms with E-state index in [2.05, 4.69) is 33.8 Å². The van der Waals surface area contributed by atoms with Crippen molar-refractivity contribution in [3.63, 3.8) is 0 Å². The van der Waals surface area contributed by atoms with Gasteiger partial charge in [0.15, 0.2) is 0 Å². The van der Waals surface area contributed by atoms with Crippen molar-refractivity contribution in [2.24, 2.45) is 0 Å². The van der Waals surface area contributed by atoms with E-state index in [9.17, 15) is 14.4 Å². The summed E-state index contributed by atoms with van der Waals surface area (Å²) in [4.78, 5) is 20.0. The second-order valence-corrected chi connectivity index (χ2v) is 9.10. The van der Waals surface area contributed by atoms with Gasteiger partial charge in [-0.15, -0.1) is 0 Å². The molecule has 150 valence electrons. The van der Waals surface area contributed by atoms with Gasteiger partial charge in [0.1, 0.15) is 0 Å². The Balaban J connectivity index is 3.32. The number of hydrogen-bond acceptors (Lipinski definition) is 1. The Labute approximate surface area is 160 Å². The summed E-state index contributed by atoms with van der Waals surface area (Å²) >= 11 is 0. The Morgan fingerprint density at radius 3 is 1.85 bits per heavy atom. The van der Waals surface area contributed by atoms with Crippen molar-refractivity contribution >= 4 is 12.9 Å². The third kappa shape index (κ3) is 6.83. The van der Waals surface area contributed by atoms with Gasteiger partial charge in [-0.25, -0.2) is 0 Å². The van der Waals surface area contributed by atoms with E-state index in [1.807, 2.05) is 6.07 Å². The van der Waals surface area contributed by atoms with Gasteiger partial charge in [-0.05, 0) is 54.7 Å². The molecule has 1 aromatic carbocycles. The standard InChI is InChI=1S/C22H39O3P/c1-5-9-11-14-18(7-3)20-16-13-17-21(26(23,24)25)22(20)19(8-4)15-12-10-6-2/h13,16-19H,5-12,14-15H2,1-4H3,(H2,23,24,25). The van der Waals surface area contributed by atoms with Crippen LogP contribution in [0.4, 0.5) is 0 Å². The van der Waals surface area contributed by atoms with E-state index in [1.54, 1.807) is 6.07 Å². The van der Waals surface area contributed by atoms with E-state index in [1.165, 1.54) is 31.2 Å². The van der Waals surface area contributed by atoms with Gasteiger partial charge in [0.05, 0.1) is 5.30 Å². The Morgan fingerprint density at radius 2 is 1.38 bits per heavy atom. The summed E-state index contributed by atoms with van der Waals surface area (Å²) in [6.45, 7) is 8.75. The molecule has 0 heterocycles. The van der Waals surface area contributed by atoms with Crippen LogP contribution in [0.5, 0.6) is 0 Å². The van der Waals surface area contributed by atoms with Crippen molar-refractivity contribution in [3.05, 3.63) is 29.3 Å². The van der Waals surface area contributed by atoms with Crippen LogP contribution in [0.15, 0.2) is 18.2 Å². The first kappa shape index (κ1) is 23.4. The van der Waals surface area contributed by atoms with Gasteiger partial charge in [0.25, 0.3) is 0 Å². The lowest BCUT2D eigenvalue weighted by Crippen LogP contribution is -2.19. The summed E-state index contributed by atoms with van der Waals surface area (Å²) in [6.07, 6.45) is 11.1. The monoisotopic (exact) mass is 382 g/mol. The second kappa shape index (κ2) is 12.0. The van der Waals surface area contributed by atoms with E-state index in [0.29, 0.717) is 5.92 Å². The van der Waals surface area contributed by atoms with E-state index < -0.39 is 7.60 Å². The Morgan fingerprint density at radius 1 is 0.846 bits per heavy atom. The quantitative estimate of drug-likeness (QED) is 0.297. The number of rotatable bonds is 13. The molecule has 0 spiro atoms. The van der Waals surface area contributed by atoms with Crippen molar-refractivity contribution in [2.75, 3.05) is 0 Å². The van der Waals surface area contributed by atoms with Crippen molar-refractivity contribution in [1.82, 2.24) is 0 Å². The fourth-order valence-corrected chi connectivity index (χ4v) is 4.94. The predicted molar refractivity (Wildman–Crippen MR) is 112 cm³/mol. The maximum absolute atomic E-state index is 12.2. The maximum atomic E-state index is 12.2. The highest BCUT2D eigenvalue weighted by Crippen LogP contribution is 2.42. The van der Waals surface area contributed by atoms with Crippen LogP contribution >= 0.6 is 7.60 Å². The zero-order valence-corrected chi connectivity index (χ0v) is 18.1. The van der Waals surface area contributed by atoms with Crippen molar-refractivity contribution in [1.29, 1.82) is 0 Å². The molecular weight excluding hydrogens is 343 g/mol. The Kier molecular flexibility index (Phi) is 10.8. The largest absolute Gasteiger partial charge is 0.356 e. The lowest BCUT2D eigenvalue weighted by molar-refractivity contribution is 0.386. The van der Waals surface area contributed by atoms with Crippen LogP contribution in [0.2, 0.25) is 0 Å². The lowest BCUT2D eigenvalue weighted by Gasteiger charge is -2.27. The molecular formula is C22H39O3P. The zero-order chi connectivity index (χ0) is 19.6. The first-order valence-electron chi connectivity index (χ1n) is 10.6. The highest BCUT2D eigenvalue weighted by Gasteiger charge is 2.29. The molecule has 0 aliphatic rings. The maximum Gasteiger partial charge on any atom is 0.356 e. The fourth-order valence-electron chi connectivity index (χ4n) is 4.04. The molecule has 0 radical (unpaired) electrons. The number of benzene rings is 1. The molecule has 2 N–H and O–H groups in total. The van der Waals surface area contributed by atoms with Gasteiger partial charge in [0.2, 0.25) is 0 Å². The van der Waals surface area contributed by atoms with Crippen molar-refractivity contribution < 1.29 is 14.4 Å². The van der Waals surface area contributed by atoms with Gasteiger partial charge in [-0.1, -0.05) is 78.4 Å². The molecule has 26 heavy (non-hydrogen) atoms. The van der Waals surface area contributed by atoms with Crippen LogP contribution in [0.3, 0.4) is 0 Å². The summed E-state index contributed by atoms with van der Waals surface area (Å²) in [6, 6.07) is 5.62. The third-order valence-electron chi connectivity index (χ3n) is 5.58. The first-order chi connectivity index (χ1) is 12.4. The molecule has 1 rings (SSSR count). The third-order valence-corrected chi connectivity index (χ3v) is 6.59. The van der Waals surface area contributed by atoms with Crippen LogP contribution in [0.25, 0.3) is 0 Å². The second-order valence-electron chi connectivity index (χ2n) is 7.53. The molecule has 0 aliphatic heterocycles. The average molecular weight is 383 g/mol. The molecule has 0 saturated carbocycles. The molecule has 4 heteroatoms. The van der Waals surface area contributed by atoms with Gasteiger partial charge in [-0.3, -0.25) is 4.57 Å². The summed E-state index contributed by atoms with van der Waals surface area (Å²) in [5, 5.41) is 0.271. The lowest BCUT2D eigenvalue weighted by atomic mass is 9.81. The van der Waals surface area contributed by atoms with E-state index >= 15 is 0 Å². The van der Waals surface area contributed by atoms with Crippen LogP contribution in [-0.4, -0.2) is 9.79 Å². The summed E-state index contributed by atoms with van der Waals surface area (Å²) < 4.78 is 12.2. The van der Waals surface area contributed by atoms with Crippen LogP contribution in [0.1, 0.15) is 115 Å². The van der Waals surface area contributed by atoms with Crippen molar-refractivity contribution in [2.45, 2.75) is 104 Å². The van der Waals surface area contributed by atoms with Crippen LogP contribution in [-0.2, 0) is 4.57 Å². The predicted octanol–water partition coefficient (Wildman–Crippen LogP) is 6.64. The molecule has 1 aromatic rings. The van der Waals surface area contributed by atoms with E-state index in [-0.39, 0.29) is 11.2 Å². The van der Waals surface area contributed by atoms with Crippen molar-refractivity contribution in [3.8, 4) is 0 Å². The van der Waals surface area contributed by atoms with E-state index in [4.69, 9.17) is 0 Å². The minimum atomic E-state index is -4.27. The van der Waals surface area contributed by atoms with Crippen LogP contribution < -0.4 is 5.30 Å². The highest BCUT2D eigenvalue weighted by molar-refractivity contribution is 7.60. The molecule has 0 bridgehead atoms. The topological polar surface area (TPSA) is 57.5 Å². The van der Waals surface area contributed by atoms with Gasteiger partial charge < -0.3 is 9.79 Å². The Hall–Kier alpha value is -0.630. The molecule has 0 fully saturated rings. The summed E-state index contributed by atoms with van der Waals surface area (Å²) in [5.41, 5.74) is 2.15. The van der Waals surface area contributed by atoms with Gasteiger partial charge in [-0.2, -0.15) is 0 Å². The smallest absolute Gasteiger partial charge is 0.321 e. The number of unbranched alkanes of at least 4 members (excludes halogenated alkanes) is 4. The minimum absolute atomic E-state index is 0.237. The molecule has 3 nitrogen and oxygen atoms in total. The minimum Gasteiger partial charge on any atom is -0.321 e. The molecule has 0 aliphatic carbocycles. The first-order valence-corrected chi connectivity index (χ1v) is 12.2. The van der Waals surface area contributed by atoms with Crippen LogP contribution in [0, 0.1) is 0 Å². The molecule has 0 amide bonds. The molecule has 2 atom stereocenters. The summed E-state index contributed by atoms with van der Waals surface area (Å²) in [7, 11) is -4.27. The normalized spacial score (nSPS) is 14.4. The summed E-state index contributed by atoms with van der Waals surface area (Å²) in [5.74, 6) is 0.629. The molecule has 0 saturated heterocycles. The SMILES string of the molecule is CCCCCC(CC)c1cccc(P(=O)(O)O)c1C(CC)CCCCC. The van der Waals surface area contributed by atoms with E-state index in [0.717, 1.165) is 44.1 Å². The molecule has 0 aromatic heterocycles. The zero-order valence-electron chi connectivity index (χ0n) is 17.2. The van der Waals surface area contributed by atoms with Gasteiger partial charge in [0, 0.05) is 0 Å². The number of hydrogen-bond donors (Lipinski definition) is 2. The Bertz CT molecular complexity index is 565. The highest BCUT2D eigenvalue weighted by atomic mass is 31.2. The molecule has 2 unspecified atom stereocenters.